The predicted molar refractivity (Wildman–Crippen MR) is 68.4 cm³/mol. The fourth-order valence-corrected chi connectivity index (χ4v) is 3.73. The molecule has 2 fully saturated rings. The molecule has 94 valence electrons. The van der Waals surface area contributed by atoms with Gasteiger partial charge >= 0.3 is 0 Å². The Morgan fingerprint density at radius 2 is 1.83 bits per heavy atom. The van der Waals surface area contributed by atoms with Crippen LogP contribution >= 0.6 is 0 Å². The van der Waals surface area contributed by atoms with Gasteiger partial charge in [0, 0.05) is 0 Å². The molecule has 2 bridgehead atoms. The van der Waals surface area contributed by atoms with E-state index in [2.05, 4.69) is 25.3 Å². The highest BCUT2D eigenvalue weighted by Crippen LogP contribution is 2.53. The number of amides is 2. The summed E-state index contributed by atoms with van der Waals surface area (Å²) < 4.78 is 0. The van der Waals surface area contributed by atoms with E-state index in [1.54, 1.807) is 6.08 Å². The molecule has 3 heteroatoms. The number of allylic oxidation sites excluding steroid dienone is 2. The van der Waals surface area contributed by atoms with Crippen molar-refractivity contribution in [3.8, 4) is 0 Å². The fraction of sp³-hybridized carbons (Fsp3) is 0.467. The first-order chi connectivity index (χ1) is 8.56. The molecule has 1 saturated heterocycles. The molecule has 3 nitrogen and oxygen atoms in total. The first kappa shape index (κ1) is 11.5. The number of likely N-dealkylation sites (tertiary alicyclic amines) is 1. The van der Waals surface area contributed by atoms with Crippen molar-refractivity contribution in [1.82, 2.24) is 4.90 Å². The van der Waals surface area contributed by atoms with Crippen molar-refractivity contribution in [2.45, 2.75) is 19.4 Å². The summed E-state index contributed by atoms with van der Waals surface area (Å²) in [4.78, 5) is 26.3. The molecular weight excluding hydrogens is 226 g/mol. The summed E-state index contributed by atoms with van der Waals surface area (Å²) in [6.07, 6.45) is 6.80. The standard InChI is InChI=1S/C15H17NO2/c1-4-11(8(2)3)16-14(17)12-9-5-6-10(7-9)13(12)15(16)18/h4-6,9-13H,1-2,7H2,3H3. The van der Waals surface area contributed by atoms with Crippen molar-refractivity contribution in [3.63, 3.8) is 0 Å². The second kappa shape index (κ2) is 3.67. The van der Waals surface area contributed by atoms with Crippen LogP contribution in [0.1, 0.15) is 13.3 Å². The van der Waals surface area contributed by atoms with E-state index < -0.39 is 0 Å². The third kappa shape index (κ3) is 1.25. The van der Waals surface area contributed by atoms with Gasteiger partial charge in [-0.25, -0.2) is 0 Å². The summed E-state index contributed by atoms with van der Waals surface area (Å²) in [6.45, 7) is 9.40. The molecule has 5 unspecified atom stereocenters. The number of hydrogen-bond donors (Lipinski definition) is 0. The summed E-state index contributed by atoms with van der Waals surface area (Å²) in [5, 5.41) is 0. The number of nitrogens with zero attached hydrogens (tertiary/aromatic N) is 1. The lowest BCUT2D eigenvalue weighted by Gasteiger charge is -2.25. The lowest BCUT2D eigenvalue weighted by Crippen LogP contribution is -2.41. The number of rotatable bonds is 3. The van der Waals surface area contributed by atoms with Gasteiger partial charge in [-0.15, -0.1) is 6.58 Å². The molecule has 0 aromatic carbocycles. The van der Waals surface area contributed by atoms with Crippen LogP contribution in [0.25, 0.3) is 0 Å². The van der Waals surface area contributed by atoms with Crippen molar-refractivity contribution in [3.05, 3.63) is 37.0 Å². The predicted octanol–water partition coefficient (Wildman–Crippen LogP) is 1.92. The Kier molecular flexibility index (Phi) is 2.34. The molecule has 0 spiro atoms. The second-order valence-corrected chi connectivity index (χ2v) is 5.57. The maximum Gasteiger partial charge on any atom is 0.234 e. The zero-order valence-electron chi connectivity index (χ0n) is 10.5. The molecule has 0 radical (unpaired) electrons. The van der Waals surface area contributed by atoms with Crippen LogP contribution in [-0.4, -0.2) is 22.8 Å². The molecule has 2 aliphatic carbocycles. The minimum absolute atomic E-state index is 0.0326. The number of fused-ring (bicyclic) bond motifs is 5. The van der Waals surface area contributed by atoms with Crippen LogP contribution in [0.5, 0.6) is 0 Å². The van der Waals surface area contributed by atoms with E-state index in [1.807, 2.05) is 6.92 Å². The van der Waals surface area contributed by atoms with Gasteiger partial charge in [0.1, 0.15) is 0 Å². The van der Waals surface area contributed by atoms with Crippen molar-refractivity contribution < 1.29 is 9.59 Å². The van der Waals surface area contributed by atoms with Crippen LogP contribution in [-0.2, 0) is 9.59 Å². The van der Waals surface area contributed by atoms with Gasteiger partial charge in [0.05, 0.1) is 17.9 Å². The van der Waals surface area contributed by atoms with E-state index in [-0.39, 0.29) is 41.5 Å². The van der Waals surface area contributed by atoms with Crippen LogP contribution in [0.15, 0.2) is 37.0 Å². The van der Waals surface area contributed by atoms with Crippen LogP contribution in [0, 0.1) is 23.7 Å². The average Bonchev–Trinajstić information content (AvgIpc) is 2.98. The third-order valence-electron chi connectivity index (χ3n) is 4.51. The number of hydrogen-bond acceptors (Lipinski definition) is 2. The third-order valence-corrected chi connectivity index (χ3v) is 4.51. The second-order valence-electron chi connectivity index (χ2n) is 5.57. The van der Waals surface area contributed by atoms with Gasteiger partial charge in [-0.3, -0.25) is 14.5 Å². The lowest BCUT2D eigenvalue weighted by molar-refractivity contribution is -0.141. The Labute approximate surface area is 107 Å². The molecule has 1 saturated carbocycles. The van der Waals surface area contributed by atoms with E-state index in [9.17, 15) is 9.59 Å². The highest BCUT2D eigenvalue weighted by atomic mass is 16.2. The topological polar surface area (TPSA) is 37.4 Å². The van der Waals surface area contributed by atoms with E-state index in [4.69, 9.17) is 0 Å². The number of imide groups is 1. The van der Waals surface area contributed by atoms with Crippen LogP contribution in [0.3, 0.4) is 0 Å². The first-order valence-corrected chi connectivity index (χ1v) is 6.39. The molecule has 18 heavy (non-hydrogen) atoms. The number of carbonyl (C=O) groups is 2. The molecule has 5 atom stereocenters. The Bertz CT molecular complexity index is 461. The average molecular weight is 243 g/mol. The van der Waals surface area contributed by atoms with Crippen molar-refractivity contribution >= 4 is 11.8 Å². The highest BCUT2D eigenvalue weighted by molar-refractivity contribution is 6.07. The van der Waals surface area contributed by atoms with Gasteiger partial charge in [0.2, 0.25) is 11.8 Å². The zero-order valence-corrected chi connectivity index (χ0v) is 10.5. The van der Waals surface area contributed by atoms with Crippen molar-refractivity contribution in [1.29, 1.82) is 0 Å². The Hall–Kier alpha value is -1.64. The van der Waals surface area contributed by atoms with Gasteiger partial charge < -0.3 is 0 Å². The molecular formula is C15H17NO2. The molecule has 1 aliphatic heterocycles. The molecule has 0 aromatic rings. The maximum absolute atomic E-state index is 12.5. The van der Waals surface area contributed by atoms with E-state index >= 15 is 0 Å². The normalized spacial score (nSPS) is 38.2. The molecule has 1 heterocycles. The van der Waals surface area contributed by atoms with Gasteiger partial charge in [-0.05, 0) is 25.2 Å². The quantitative estimate of drug-likeness (QED) is 0.561. The fourth-order valence-electron chi connectivity index (χ4n) is 3.73. The van der Waals surface area contributed by atoms with Gasteiger partial charge in [-0.2, -0.15) is 0 Å². The Morgan fingerprint density at radius 3 is 2.22 bits per heavy atom. The number of carbonyl (C=O) groups excluding carboxylic acids is 2. The van der Waals surface area contributed by atoms with Crippen molar-refractivity contribution in [2.75, 3.05) is 0 Å². The van der Waals surface area contributed by atoms with Crippen LogP contribution in [0.2, 0.25) is 0 Å². The van der Waals surface area contributed by atoms with Crippen LogP contribution < -0.4 is 0 Å². The summed E-state index contributed by atoms with van der Waals surface area (Å²) in [6, 6.07) is -0.352. The highest BCUT2D eigenvalue weighted by Gasteiger charge is 2.60. The summed E-state index contributed by atoms with van der Waals surface area (Å²) in [5.41, 5.74) is 0.784. The molecule has 2 amide bonds. The zero-order chi connectivity index (χ0) is 13.0. The largest absolute Gasteiger partial charge is 0.274 e. The minimum Gasteiger partial charge on any atom is -0.274 e. The van der Waals surface area contributed by atoms with Crippen molar-refractivity contribution in [2.24, 2.45) is 23.7 Å². The van der Waals surface area contributed by atoms with Crippen LogP contribution in [0.4, 0.5) is 0 Å². The lowest BCUT2D eigenvalue weighted by atomic mass is 9.85. The van der Waals surface area contributed by atoms with Gasteiger partial charge in [0.25, 0.3) is 0 Å². The van der Waals surface area contributed by atoms with Gasteiger partial charge in [0.15, 0.2) is 0 Å². The Morgan fingerprint density at radius 1 is 1.33 bits per heavy atom. The van der Waals surface area contributed by atoms with E-state index in [0.29, 0.717) is 0 Å². The maximum atomic E-state index is 12.5. The monoisotopic (exact) mass is 243 g/mol. The van der Waals surface area contributed by atoms with E-state index in [0.717, 1.165) is 12.0 Å². The molecule has 0 aromatic heterocycles. The smallest absolute Gasteiger partial charge is 0.234 e. The van der Waals surface area contributed by atoms with Gasteiger partial charge in [-0.1, -0.05) is 30.4 Å². The minimum atomic E-state index is -0.352. The SMILES string of the molecule is C=CC(C(=C)C)N1C(=O)C2C3C=CC(C3)C2C1=O. The van der Waals surface area contributed by atoms with E-state index in [1.165, 1.54) is 4.90 Å². The summed E-state index contributed by atoms with van der Waals surface area (Å²) >= 11 is 0. The summed E-state index contributed by atoms with van der Waals surface area (Å²) in [7, 11) is 0. The molecule has 0 N–H and O–H groups in total. The molecule has 3 rings (SSSR count). The first-order valence-electron chi connectivity index (χ1n) is 6.39. The molecule has 3 aliphatic rings. The Balaban J connectivity index is 1.97. The summed E-state index contributed by atoms with van der Waals surface area (Å²) in [5.74, 6) is 0.196.